The Kier molecular flexibility index (Phi) is 4.06. The van der Waals surface area contributed by atoms with E-state index in [1.807, 2.05) is 10.9 Å². The maximum absolute atomic E-state index is 2.21. The molecule has 3 aromatic carbocycles. The fourth-order valence-electron chi connectivity index (χ4n) is 2.74. The van der Waals surface area contributed by atoms with Crippen LogP contribution in [0, 0.1) is 0 Å². The van der Waals surface area contributed by atoms with Gasteiger partial charge in [-0.3, -0.25) is 0 Å². The van der Waals surface area contributed by atoms with Gasteiger partial charge in [-0.25, -0.2) is 0 Å². The number of benzene rings is 3. The molecule has 4 aromatic rings. The van der Waals surface area contributed by atoms with Gasteiger partial charge in [0.2, 0.25) is 0 Å². The van der Waals surface area contributed by atoms with Crippen LogP contribution in [0.1, 0.15) is 0 Å². The molecule has 0 radical (unpaired) electrons. The van der Waals surface area contributed by atoms with E-state index in [9.17, 15) is 0 Å². The molecule has 1 heterocycles. The summed E-state index contributed by atoms with van der Waals surface area (Å²) in [7, 11) is 3.22. The van der Waals surface area contributed by atoms with Gasteiger partial charge in [0.1, 0.15) is 0 Å². The van der Waals surface area contributed by atoms with Crippen molar-refractivity contribution in [3.05, 3.63) is 91.0 Å². The molecule has 0 aliphatic rings. The van der Waals surface area contributed by atoms with E-state index in [0.29, 0.717) is 0 Å². The molecule has 0 aliphatic carbocycles. The van der Waals surface area contributed by atoms with Crippen LogP contribution in [-0.2, 0) is 0 Å². The fraction of sp³-hybridized carbons (Fsp3) is 0. The summed E-state index contributed by atoms with van der Waals surface area (Å²) >= 11 is 0. The summed E-state index contributed by atoms with van der Waals surface area (Å²) in [6.07, 6.45) is 0. The Bertz CT molecular complexity index is 840. The first-order valence-corrected chi connectivity index (χ1v) is 9.91. The lowest BCUT2D eigenvalue weighted by Gasteiger charge is -2.08. The van der Waals surface area contributed by atoms with Gasteiger partial charge < -0.3 is 0 Å². The fourth-order valence-corrected chi connectivity index (χ4v) is 5.87. The highest BCUT2D eigenvalue weighted by molar-refractivity contribution is 7.83. The molecule has 0 N–H and O–H groups in total. The van der Waals surface area contributed by atoms with E-state index in [1.165, 1.54) is 39.8 Å². The molecule has 0 spiro atoms. The van der Waals surface area contributed by atoms with E-state index in [0.717, 1.165) is 0 Å². The summed E-state index contributed by atoms with van der Waals surface area (Å²) in [6, 6.07) is 32.2. The highest BCUT2D eigenvalue weighted by Gasteiger charge is 2.16. The van der Waals surface area contributed by atoms with Crippen LogP contribution in [0.2, 0.25) is 0 Å². The van der Waals surface area contributed by atoms with E-state index in [4.69, 9.17) is 0 Å². The minimum Gasteiger partial charge on any atom is -0.111 e. The topological polar surface area (TPSA) is 0 Å². The van der Waals surface area contributed by atoms with Gasteiger partial charge in [0.15, 0.2) is 0 Å². The third-order valence-corrected chi connectivity index (χ3v) is 6.59. The molecule has 1 aromatic heterocycles. The van der Waals surface area contributed by atoms with Crippen molar-refractivity contribution in [3.63, 3.8) is 0 Å². The van der Waals surface area contributed by atoms with Gasteiger partial charge in [-0.15, -0.1) is 10.9 Å². The largest absolute Gasteiger partial charge is 0.111 e. The second-order valence-corrected chi connectivity index (χ2v) is 7.65. The van der Waals surface area contributed by atoms with E-state index in [1.54, 1.807) is 0 Å². The average molecular weight is 330 g/mol. The van der Waals surface area contributed by atoms with Crippen molar-refractivity contribution in [1.82, 2.24) is 0 Å². The molecular weight excluding hydrogens is 315 g/mol. The minimum absolute atomic E-state index is 1.29. The minimum atomic E-state index is 1.29. The smallest absolute Gasteiger partial charge is 0.0477 e. The molecule has 4 rings (SSSR count). The number of rotatable bonds is 3. The summed E-state index contributed by atoms with van der Waals surface area (Å²) in [5, 5.41) is 1.40. The third-order valence-electron chi connectivity index (χ3n) is 3.84. The van der Waals surface area contributed by atoms with E-state index in [2.05, 4.69) is 91.0 Å². The molecule has 0 saturated carbocycles. The van der Waals surface area contributed by atoms with Crippen molar-refractivity contribution in [2.24, 2.45) is 0 Å². The van der Waals surface area contributed by atoms with E-state index < -0.39 is 0 Å². The first-order chi connectivity index (χ1) is 11.4. The maximum Gasteiger partial charge on any atom is 0.0477 e. The molecule has 0 nitrogen and oxygen atoms in total. The molecule has 0 amide bonds. The quantitative estimate of drug-likeness (QED) is 0.369. The van der Waals surface area contributed by atoms with Gasteiger partial charge >= 0.3 is 0 Å². The van der Waals surface area contributed by atoms with Crippen LogP contribution in [0.4, 0.5) is 0 Å². The molecule has 0 bridgehead atoms. The Morgan fingerprint density at radius 1 is 0.522 bits per heavy atom. The zero-order chi connectivity index (χ0) is 15.5. The first-order valence-electron chi connectivity index (χ1n) is 7.59. The summed E-state index contributed by atoms with van der Waals surface area (Å²) in [5.41, 5.74) is 5.28. The van der Waals surface area contributed by atoms with Crippen molar-refractivity contribution in [2.45, 2.75) is 0 Å². The first kappa shape index (κ1) is 14.4. The Morgan fingerprint density at radius 3 is 1.57 bits per heavy atom. The Labute approximate surface area is 141 Å². The summed E-state index contributed by atoms with van der Waals surface area (Å²) < 4.78 is 0. The van der Waals surface area contributed by atoms with Crippen molar-refractivity contribution in [2.75, 3.05) is 0 Å². The lowest BCUT2D eigenvalue weighted by molar-refractivity contribution is 1.64. The lowest BCUT2D eigenvalue weighted by atomic mass is 9.98. The second-order valence-electron chi connectivity index (χ2n) is 5.33. The van der Waals surface area contributed by atoms with Crippen LogP contribution < -0.4 is 0 Å². The van der Waals surface area contributed by atoms with Gasteiger partial charge in [0.25, 0.3) is 0 Å². The standard InChI is InChI=1S/C21H15PS/c1-4-10-16(11-5-1)19-20(17-12-6-2-7-13-17)22-23-21(19)18-14-8-3-9-15-18/h1-15H. The molecule has 0 fully saturated rings. The van der Waals surface area contributed by atoms with Crippen molar-refractivity contribution in [1.29, 1.82) is 0 Å². The zero-order valence-electron chi connectivity index (χ0n) is 12.5. The lowest BCUT2D eigenvalue weighted by Crippen LogP contribution is -1.82. The predicted molar refractivity (Wildman–Crippen MR) is 103 cm³/mol. The highest BCUT2D eigenvalue weighted by Crippen LogP contribution is 2.50. The molecule has 0 unspecified atom stereocenters. The van der Waals surface area contributed by atoms with Crippen molar-refractivity contribution < 1.29 is 0 Å². The molecule has 110 valence electrons. The van der Waals surface area contributed by atoms with Gasteiger partial charge in [0.05, 0.1) is 0 Å². The summed E-state index contributed by atoms with van der Waals surface area (Å²) in [4.78, 5) is 1.37. The summed E-state index contributed by atoms with van der Waals surface area (Å²) in [5.74, 6) is 0. The summed E-state index contributed by atoms with van der Waals surface area (Å²) in [6.45, 7) is 0. The highest BCUT2D eigenvalue weighted by atomic mass is 32.5. The van der Waals surface area contributed by atoms with Crippen molar-refractivity contribution >= 4 is 18.3 Å². The average Bonchev–Trinajstić information content (AvgIpc) is 3.09. The van der Waals surface area contributed by atoms with Gasteiger partial charge in [0, 0.05) is 15.7 Å². The van der Waals surface area contributed by atoms with Gasteiger partial charge in [-0.05, 0) is 24.1 Å². The van der Waals surface area contributed by atoms with Crippen LogP contribution in [0.25, 0.3) is 32.4 Å². The zero-order valence-corrected chi connectivity index (χ0v) is 14.2. The van der Waals surface area contributed by atoms with Crippen LogP contribution in [0.3, 0.4) is 0 Å². The normalized spacial score (nSPS) is 11.0. The molecule has 0 atom stereocenters. The van der Waals surface area contributed by atoms with Crippen LogP contribution >= 0.6 is 18.3 Å². The number of hydrogen-bond acceptors (Lipinski definition) is 1. The van der Waals surface area contributed by atoms with Gasteiger partial charge in [-0.2, -0.15) is 0 Å². The third kappa shape index (κ3) is 2.86. The Balaban J connectivity index is 1.97. The molecular formula is C21H15PS. The maximum atomic E-state index is 2.21. The van der Waals surface area contributed by atoms with E-state index in [-0.39, 0.29) is 0 Å². The second kappa shape index (κ2) is 6.50. The predicted octanol–water partition coefficient (Wildman–Crippen LogP) is 7.33. The van der Waals surface area contributed by atoms with Gasteiger partial charge in [-0.1, -0.05) is 91.0 Å². The number of hydrogen-bond donors (Lipinski definition) is 0. The molecule has 0 saturated heterocycles. The Hall–Kier alpha value is -2.21. The molecule has 0 aliphatic heterocycles. The van der Waals surface area contributed by atoms with Crippen LogP contribution in [-0.4, -0.2) is 0 Å². The SMILES string of the molecule is c1ccc(-c2psc(-c3ccccc3)c2-c2ccccc2)cc1. The molecule has 23 heavy (non-hydrogen) atoms. The van der Waals surface area contributed by atoms with E-state index >= 15 is 0 Å². The van der Waals surface area contributed by atoms with Crippen LogP contribution in [0.5, 0.6) is 0 Å². The monoisotopic (exact) mass is 330 g/mol. The molecule has 2 heteroatoms. The Morgan fingerprint density at radius 2 is 1.00 bits per heavy atom. The van der Waals surface area contributed by atoms with Crippen LogP contribution in [0.15, 0.2) is 91.0 Å². The van der Waals surface area contributed by atoms with Crippen molar-refractivity contribution in [3.8, 4) is 32.4 Å².